The van der Waals surface area contributed by atoms with E-state index in [0.29, 0.717) is 37.3 Å². The van der Waals surface area contributed by atoms with Crippen molar-refractivity contribution < 1.29 is 67.9 Å². The van der Waals surface area contributed by atoms with Crippen LogP contribution in [0.2, 0.25) is 0 Å². The first-order chi connectivity index (χ1) is 36.4. The van der Waals surface area contributed by atoms with E-state index in [1.807, 2.05) is 98.4 Å². The number of nitrogens with two attached hydrogens (primary N) is 1. The molecule has 0 spiro atoms. The van der Waals surface area contributed by atoms with Crippen LogP contribution in [-0.4, -0.2) is 208 Å². The molecule has 0 unspecified atom stereocenters. The maximum absolute atomic E-state index is 15.0. The number of aliphatic hydroxyl groups excluding tert-OH is 3. The zero-order valence-corrected chi connectivity index (χ0v) is 50.3. The van der Waals surface area contributed by atoms with Crippen LogP contribution in [0.15, 0.2) is 36.7 Å². The van der Waals surface area contributed by atoms with E-state index in [4.69, 9.17) is 38.9 Å². The summed E-state index contributed by atoms with van der Waals surface area (Å²) in [5.74, 6) is -2.94. The lowest BCUT2D eigenvalue weighted by molar-refractivity contribution is -0.318. The lowest BCUT2D eigenvalue weighted by Gasteiger charge is -2.49. The third kappa shape index (κ3) is 14.6. The molecule has 3 aromatic rings. The van der Waals surface area contributed by atoms with Crippen molar-refractivity contribution in [3.63, 3.8) is 0 Å². The molecule has 0 aliphatic carbocycles. The number of ether oxygens (including phenoxy) is 7. The summed E-state index contributed by atoms with van der Waals surface area (Å²) < 4.78 is 60.9. The van der Waals surface area contributed by atoms with Crippen molar-refractivity contribution in [2.24, 2.45) is 23.5 Å². The SMILES string of the molecule is CO[C@H](c1ccc(-n2cc(C(C)(C)N)nn2)cc1)[C@@H](CF)n1cc(CCN(C)[C@H]2C[C@@H](C)O[C@@H](O[C@@H]3[C@@H](C)[C@H](O[C@H]4C[C@@](C)(OC)[C@@H](O)[C@H](C)O4)[C@@H](C)C(=O)O[C@H](I)[C@@](C)(O)[C@H](O)[C@@H](C)N(C)C[C@H](C)C[C@@]3(C)O)[C@@H]2O)nn1. The van der Waals surface area contributed by atoms with Crippen LogP contribution < -0.4 is 5.73 Å². The van der Waals surface area contributed by atoms with Gasteiger partial charge in [-0.15, -0.1) is 10.2 Å². The van der Waals surface area contributed by atoms with Gasteiger partial charge in [0, 0.05) is 64.3 Å². The predicted molar refractivity (Wildman–Crippen MR) is 294 cm³/mol. The molecule has 1 aromatic carbocycles. The molecule has 5 heterocycles. The molecule has 0 amide bonds. The maximum atomic E-state index is 15.0. The van der Waals surface area contributed by atoms with Gasteiger partial charge in [0.1, 0.15) is 48.4 Å². The zero-order chi connectivity index (χ0) is 58.0. The number of nitrogens with zero attached hydrogens (tertiary/aromatic N) is 8. The summed E-state index contributed by atoms with van der Waals surface area (Å²) in [5.41, 5.74) is 3.60. The molecule has 6 rings (SSSR count). The van der Waals surface area contributed by atoms with Gasteiger partial charge in [0.25, 0.3) is 0 Å². The van der Waals surface area contributed by atoms with Crippen LogP contribution in [-0.2, 0) is 49.9 Å². The highest BCUT2D eigenvalue weighted by molar-refractivity contribution is 14.1. The number of aliphatic hydroxyl groups is 5. The number of hydrogen-bond acceptors (Lipinski definition) is 20. The fourth-order valence-corrected chi connectivity index (χ4v) is 12.0. The molecule has 24 heteroatoms. The van der Waals surface area contributed by atoms with Gasteiger partial charge in [0.15, 0.2) is 16.7 Å². The van der Waals surface area contributed by atoms with E-state index < -0.39 is 130 Å². The summed E-state index contributed by atoms with van der Waals surface area (Å²) in [4.78, 5) is 18.3. The molecule has 78 heavy (non-hydrogen) atoms. The molecule has 0 saturated carbocycles. The van der Waals surface area contributed by atoms with Crippen molar-refractivity contribution >= 4 is 28.6 Å². The molecule has 22 nitrogen and oxygen atoms in total. The predicted octanol–water partition coefficient (Wildman–Crippen LogP) is 3.76. The summed E-state index contributed by atoms with van der Waals surface area (Å²) in [5, 5.41) is 76.7. The Morgan fingerprint density at radius 1 is 0.962 bits per heavy atom. The molecule has 0 bridgehead atoms. The largest absolute Gasteiger partial charge is 0.448 e. The fourth-order valence-electron chi connectivity index (χ4n) is 11.4. The second-order valence-corrected chi connectivity index (χ2v) is 24.9. The Morgan fingerprint density at radius 3 is 2.23 bits per heavy atom. The Hall–Kier alpha value is -2.93. The first kappa shape index (κ1) is 64.2. The van der Waals surface area contributed by atoms with Gasteiger partial charge in [0.05, 0.1) is 64.7 Å². The first-order valence-corrected chi connectivity index (χ1v) is 28.3. The molecule has 3 aliphatic rings. The quantitative estimate of drug-likeness (QED) is 0.0677. The van der Waals surface area contributed by atoms with E-state index >= 15 is 0 Å². The molecule has 3 saturated heterocycles. The van der Waals surface area contributed by atoms with Crippen LogP contribution in [0.4, 0.5) is 4.39 Å². The second-order valence-electron chi connectivity index (χ2n) is 23.8. The number of alkyl halides is 2. The van der Waals surface area contributed by atoms with Gasteiger partial charge < -0.3 is 74.2 Å². The molecule has 3 fully saturated rings. The maximum Gasteiger partial charge on any atom is 0.312 e. The van der Waals surface area contributed by atoms with Gasteiger partial charge in [-0.1, -0.05) is 36.4 Å². The lowest BCUT2D eigenvalue weighted by atomic mass is 9.77. The Labute approximate surface area is 472 Å². The highest BCUT2D eigenvalue weighted by atomic mass is 127. The molecule has 0 radical (unpaired) electrons. The number of carbonyl (C=O) groups excluding carboxylic acids is 1. The van der Waals surface area contributed by atoms with Crippen LogP contribution in [0.5, 0.6) is 0 Å². The summed E-state index contributed by atoms with van der Waals surface area (Å²) >= 11 is 1.82. The van der Waals surface area contributed by atoms with Crippen LogP contribution in [0.25, 0.3) is 5.69 Å². The zero-order valence-electron chi connectivity index (χ0n) is 48.1. The molecular formula is C54H89FIN9O13. The minimum atomic E-state index is -1.88. The topological polar surface area (TPSA) is 277 Å². The van der Waals surface area contributed by atoms with Crippen LogP contribution in [0.3, 0.4) is 0 Å². The summed E-state index contributed by atoms with van der Waals surface area (Å²) in [7, 11) is 6.70. The summed E-state index contributed by atoms with van der Waals surface area (Å²) in [6.45, 7) is 19.2. The standard InChI is InChI=1S/C54H89FIN9O13/c1-29-23-52(9,70)47(31(3)43(76-41-24-53(10,73-15)46(68)34(6)75-41)32(4)48(69)78-50(56)54(11,71)45(67)33(5)63(13)26-29)77-49-42(66)38(22-30(2)74-49)62(12)21-20-36-27-65(60-58-36)39(25-55)44(72-14)35-16-18-37(19-17-35)64-28-40(59-61-64)51(7,8)57/h16-19,27-34,38-39,41-47,49-50,66-68,70-71H,20-26,57H2,1-15H3/t29-,30-,31+,32-,33-,34+,38+,39-,41+,42-,43+,44-,45-,46+,47-,49+,50+,52-,53-,54+/m1/s1. The van der Waals surface area contributed by atoms with Gasteiger partial charge >= 0.3 is 5.97 Å². The fraction of sp³-hybridized carbons (Fsp3) is 0.796. The Kier molecular flexibility index (Phi) is 21.5. The lowest BCUT2D eigenvalue weighted by Crippen LogP contribution is -2.60. The Balaban J connectivity index is 1.23. The smallest absolute Gasteiger partial charge is 0.312 e. The van der Waals surface area contributed by atoms with Crippen molar-refractivity contribution in [3.8, 4) is 5.69 Å². The van der Waals surface area contributed by atoms with Gasteiger partial charge in [-0.3, -0.25) is 4.79 Å². The van der Waals surface area contributed by atoms with Crippen molar-refractivity contribution in [2.45, 2.75) is 208 Å². The molecule has 442 valence electrons. The Morgan fingerprint density at radius 2 is 1.63 bits per heavy atom. The average molecular weight is 1220 g/mol. The third-order valence-corrected chi connectivity index (χ3v) is 18.0. The molecule has 7 N–H and O–H groups in total. The number of hydrogen-bond donors (Lipinski definition) is 6. The van der Waals surface area contributed by atoms with E-state index in [1.165, 1.54) is 25.8 Å². The monoisotopic (exact) mass is 1220 g/mol. The number of carbonyl (C=O) groups is 1. The molecule has 3 aliphatic heterocycles. The number of rotatable bonds is 16. The molecular weight excluding hydrogens is 1130 g/mol. The minimum Gasteiger partial charge on any atom is -0.448 e. The Bertz CT molecular complexity index is 2380. The second kappa shape index (κ2) is 26.1. The third-order valence-electron chi connectivity index (χ3n) is 16.5. The number of aromatic nitrogens is 6. The van der Waals surface area contributed by atoms with Gasteiger partial charge in [-0.25, -0.2) is 13.8 Å². The van der Waals surface area contributed by atoms with Gasteiger partial charge in [0.2, 0.25) is 0 Å². The van der Waals surface area contributed by atoms with E-state index in [2.05, 4.69) is 20.6 Å². The number of methoxy groups -OCH3 is 2. The summed E-state index contributed by atoms with van der Waals surface area (Å²) in [6, 6.07) is 5.43. The van der Waals surface area contributed by atoms with E-state index in [0.717, 1.165) is 11.3 Å². The number of halogens is 2. The van der Waals surface area contributed by atoms with Crippen molar-refractivity contribution in [1.29, 1.82) is 0 Å². The molecule has 2 aromatic heterocycles. The van der Waals surface area contributed by atoms with Crippen LogP contribution in [0, 0.1) is 17.8 Å². The number of cyclic esters (lactones) is 1. The number of benzene rings is 1. The van der Waals surface area contributed by atoms with Crippen molar-refractivity contribution in [3.05, 3.63) is 53.6 Å². The van der Waals surface area contributed by atoms with E-state index in [9.17, 15) is 34.7 Å². The van der Waals surface area contributed by atoms with Crippen molar-refractivity contribution in [2.75, 3.05) is 48.1 Å². The van der Waals surface area contributed by atoms with E-state index in [-0.39, 0.29) is 18.8 Å². The normalized spacial score (nSPS) is 38.1. The first-order valence-electron chi connectivity index (χ1n) is 27.1. The van der Waals surface area contributed by atoms with Gasteiger partial charge in [-0.2, -0.15) is 0 Å². The van der Waals surface area contributed by atoms with Crippen LogP contribution in [0.1, 0.15) is 125 Å². The van der Waals surface area contributed by atoms with Crippen LogP contribution >= 0.6 is 22.6 Å². The summed E-state index contributed by atoms with van der Waals surface area (Å²) in [6.07, 6.45) is -5.52. The van der Waals surface area contributed by atoms with Gasteiger partial charge in [-0.05, 0) is 135 Å². The number of likely N-dealkylation sites (N-methyl/N-ethyl adjacent to an activating group) is 2. The minimum absolute atomic E-state index is 0.0755. The highest BCUT2D eigenvalue weighted by Gasteiger charge is 2.53. The van der Waals surface area contributed by atoms with Crippen molar-refractivity contribution in [1.82, 2.24) is 39.8 Å². The average Bonchev–Trinajstić information content (AvgIpc) is 4.09. The number of esters is 1. The highest BCUT2D eigenvalue weighted by Crippen LogP contribution is 2.41. The van der Waals surface area contributed by atoms with E-state index in [1.54, 1.807) is 58.6 Å². The molecule has 20 atom stereocenters.